The van der Waals surface area contributed by atoms with Gasteiger partial charge in [-0.2, -0.15) is 18.2 Å². The summed E-state index contributed by atoms with van der Waals surface area (Å²) in [5.74, 6) is 0.00158. The van der Waals surface area contributed by atoms with Crippen molar-refractivity contribution in [2.24, 2.45) is 0 Å². The minimum absolute atomic E-state index is 0.187. The number of phenolic OH excluding ortho intramolecular Hbond substituents is 1. The second-order valence-electron chi connectivity index (χ2n) is 4.40. The molecule has 0 aliphatic rings. The Balaban J connectivity index is 2.44. The molecule has 0 amide bonds. The number of hydrogen-bond donors (Lipinski definition) is 2. The third-order valence-electron chi connectivity index (χ3n) is 2.79. The van der Waals surface area contributed by atoms with Crippen molar-refractivity contribution in [2.75, 3.05) is 7.11 Å². The van der Waals surface area contributed by atoms with Crippen LogP contribution in [0.3, 0.4) is 0 Å². The van der Waals surface area contributed by atoms with Gasteiger partial charge in [-0.3, -0.25) is 0 Å². The minimum Gasteiger partial charge on any atom is -0.504 e. The molecule has 1 heterocycles. The molecule has 9 heteroatoms. The van der Waals surface area contributed by atoms with Crippen molar-refractivity contribution < 1.29 is 23.0 Å². The van der Waals surface area contributed by atoms with Gasteiger partial charge in [-0.05, 0) is 30.4 Å². The average Bonchev–Trinajstić information content (AvgIpc) is 2.46. The van der Waals surface area contributed by atoms with Crippen molar-refractivity contribution in [2.45, 2.75) is 6.18 Å². The van der Waals surface area contributed by atoms with Crippen molar-refractivity contribution >= 4 is 28.1 Å². The van der Waals surface area contributed by atoms with Crippen LogP contribution in [0.25, 0.3) is 12.2 Å². The molecule has 0 fully saturated rings. The number of aromatic amines is 1. The third-order valence-corrected chi connectivity index (χ3v) is 3.25. The molecule has 0 bridgehead atoms. The number of hydrogen-bond acceptors (Lipinski definition) is 4. The summed E-state index contributed by atoms with van der Waals surface area (Å²) in [7, 11) is 1.36. The Hall–Kier alpha value is -2.29. The molecule has 23 heavy (non-hydrogen) atoms. The summed E-state index contributed by atoms with van der Waals surface area (Å²) in [6.07, 6.45) is -2.18. The highest BCUT2D eigenvalue weighted by Crippen LogP contribution is 2.34. The number of rotatable bonds is 3. The number of benzene rings is 1. The maximum atomic E-state index is 12.6. The minimum atomic E-state index is -4.69. The summed E-state index contributed by atoms with van der Waals surface area (Å²) in [5, 5.41) is 9.96. The number of H-pyrrole nitrogens is 1. The van der Waals surface area contributed by atoms with Gasteiger partial charge >= 0.3 is 11.9 Å². The maximum absolute atomic E-state index is 12.6. The van der Waals surface area contributed by atoms with Crippen LogP contribution in [0.2, 0.25) is 0 Å². The molecule has 2 aromatic rings. The Bertz CT molecular complexity index is 816. The van der Waals surface area contributed by atoms with Gasteiger partial charge in [-0.25, -0.2) is 4.79 Å². The quantitative estimate of drug-likeness (QED) is 0.841. The molecule has 0 aliphatic carbocycles. The van der Waals surface area contributed by atoms with E-state index in [9.17, 15) is 23.1 Å². The second kappa shape index (κ2) is 6.45. The van der Waals surface area contributed by atoms with E-state index in [-0.39, 0.29) is 22.8 Å². The first-order valence-electron chi connectivity index (χ1n) is 6.14. The summed E-state index contributed by atoms with van der Waals surface area (Å²) < 4.78 is 43.5. The summed E-state index contributed by atoms with van der Waals surface area (Å²) in [4.78, 5) is 16.3. The van der Waals surface area contributed by atoms with Crippen LogP contribution in [-0.4, -0.2) is 22.2 Å². The van der Waals surface area contributed by atoms with Gasteiger partial charge < -0.3 is 14.8 Å². The topological polar surface area (TPSA) is 75.2 Å². The molecular formula is C14H10BrF3N2O3. The lowest BCUT2D eigenvalue weighted by Crippen LogP contribution is -2.19. The van der Waals surface area contributed by atoms with Crippen LogP contribution in [0.5, 0.6) is 11.5 Å². The lowest BCUT2D eigenvalue weighted by Gasteiger charge is -2.07. The van der Waals surface area contributed by atoms with Crippen LogP contribution in [-0.2, 0) is 6.18 Å². The summed E-state index contributed by atoms with van der Waals surface area (Å²) in [6, 6.07) is 3.76. The van der Waals surface area contributed by atoms with Crippen LogP contribution < -0.4 is 10.4 Å². The molecule has 0 saturated carbocycles. The summed E-state index contributed by atoms with van der Waals surface area (Å²) in [6.45, 7) is 0. The van der Waals surface area contributed by atoms with Crippen molar-refractivity contribution in [1.82, 2.24) is 9.97 Å². The van der Waals surface area contributed by atoms with Gasteiger partial charge in [0.1, 0.15) is 5.69 Å². The molecule has 0 saturated heterocycles. The lowest BCUT2D eigenvalue weighted by molar-refractivity contribution is -0.141. The van der Waals surface area contributed by atoms with Gasteiger partial charge in [0.25, 0.3) is 0 Å². The van der Waals surface area contributed by atoms with Crippen LogP contribution in [0.4, 0.5) is 13.2 Å². The molecule has 1 aromatic carbocycles. The third kappa shape index (κ3) is 4.13. The first-order valence-corrected chi connectivity index (χ1v) is 6.93. The molecule has 2 rings (SSSR count). The van der Waals surface area contributed by atoms with Crippen LogP contribution >= 0.6 is 15.9 Å². The van der Waals surface area contributed by atoms with E-state index in [0.29, 0.717) is 10.5 Å². The predicted molar refractivity (Wildman–Crippen MR) is 81.1 cm³/mol. The molecule has 2 N–H and O–H groups in total. The zero-order chi connectivity index (χ0) is 17.2. The zero-order valence-corrected chi connectivity index (χ0v) is 13.2. The smallest absolute Gasteiger partial charge is 0.431 e. The van der Waals surface area contributed by atoms with E-state index in [2.05, 4.69) is 20.9 Å². The molecule has 0 radical (unpaired) electrons. The Morgan fingerprint density at radius 3 is 2.61 bits per heavy atom. The average molecular weight is 391 g/mol. The van der Waals surface area contributed by atoms with Crippen molar-refractivity contribution in [3.05, 3.63) is 50.1 Å². The standard InChI is InChI=1S/C14H10BrF3N2O3/c1-23-10-5-8(15)4-7(12(10)21)2-3-9-6-11(14(16,17)18)20-13(22)19-9/h2-6,21H,1H3,(H,19,20,22)/b3-2+. The van der Waals surface area contributed by atoms with Crippen molar-refractivity contribution in [3.63, 3.8) is 0 Å². The molecule has 0 unspecified atom stereocenters. The number of aromatic hydroxyl groups is 1. The van der Waals surface area contributed by atoms with E-state index in [1.54, 1.807) is 4.98 Å². The van der Waals surface area contributed by atoms with Crippen molar-refractivity contribution in [1.29, 1.82) is 0 Å². The highest BCUT2D eigenvalue weighted by atomic mass is 79.9. The molecular weight excluding hydrogens is 381 g/mol. The van der Waals surface area contributed by atoms with E-state index < -0.39 is 17.6 Å². The Morgan fingerprint density at radius 2 is 2.00 bits per heavy atom. The maximum Gasteiger partial charge on any atom is 0.431 e. The first-order chi connectivity index (χ1) is 10.7. The van der Waals surface area contributed by atoms with Gasteiger partial charge in [0.05, 0.1) is 12.8 Å². The first kappa shape index (κ1) is 17.1. The van der Waals surface area contributed by atoms with E-state index in [0.717, 1.165) is 0 Å². The van der Waals surface area contributed by atoms with Gasteiger partial charge in [-0.15, -0.1) is 0 Å². The Kier molecular flexibility index (Phi) is 4.79. The molecule has 1 aromatic heterocycles. The molecule has 122 valence electrons. The monoisotopic (exact) mass is 390 g/mol. The SMILES string of the molecule is COc1cc(Br)cc(/C=C/c2cc(C(F)(F)F)[nH]c(=O)n2)c1O. The Morgan fingerprint density at radius 1 is 1.30 bits per heavy atom. The Labute approximate surface area is 136 Å². The lowest BCUT2D eigenvalue weighted by atomic mass is 10.1. The number of phenols is 1. The fraction of sp³-hybridized carbons (Fsp3) is 0.143. The highest BCUT2D eigenvalue weighted by molar-refractivity contribution is 9.10. The second-order valence-corrected chi connectivity index (χ2v) is 5.32. The van der Waals surface area contributed by atoms with Crippen LogP contribution in [0, 0.1) is 0 Å². The molecule has 5 nitrogen and oxygen atoms in total. The fourth-order valence-electron chi connectivity index (χ4n) is 1.77. The number of nitrogens with one attached hydrogen (secondary N) is 1. The van der Waals surface area contributed by atoms with Gasteiger partial charge in [-0.1, -0.05) is 15.9 Å². The van der Waals surface area contributed by atoms with Crippen molar-refractivity contribution in [3.8, 4) is 11.5 Å². The van der Waals surface area contributed by atoms with E-state index in [1.807, 2.05) is 0 Å². The van der Waals surface area contributed by atoms with Gasteiger partial charge in [0.2, 0.25) is 0 Å². The molecule has 0 spiro atoms. The number of ether oxygens (including phenoxy) is 1. The number of halogens is 4. The fourth-order valence-corrected chi connectivity index (χ4v) is 2.22. The number of alkyl halides is 3. The van der Waals surface area contributed by atoms with Crippen LogP contribution in [0.15, 0.2) is 27.5 Å². The number of methoxy groups -OCH3 is 1. The largest absolute Gasteiger partial charge is 0.504 e. The predicted octanol–water partition coefficient (Wildman–Crippen LogP) is 3.44. The van der Waals surface area contributed by atoms with Gasteiger partial charge in [0.15, 0.2) is 11.5 Å². The highest BCUT2D eigenvalue weighted by Gasteiger charge is 2.32. The summed E-state index contributed by atoms with van der Waals surface area (Å²) in [5.41, 5.74) is -2.23. The van der Waals surface area contributed by atoms with Gasteiger partial charge in [0, 0.05) is 10.0 Å². The van der Waals surface area contributed by atoms with Crippen LogP contribution in [0.1, 0.15) is 17.0 Å². The number of nitrogens with zero attached hydrogens (tertiary/aromatic N) is 1. The normalized spacial score (nSPS) is 11.9. The van der Waals surface area contributed by atoms with E-state index >= 15 is 0 Å². The molecule has 0 aliphatic heterocycles. The summed E-state index contributed by atoms with van der Waals surface area (Å²) >= 11 is 3.22. The van der Waals surface area contributed by atoms with E-state index in [1.165, 1.54) is 31.4 Å². The van der Waals surface area contributed by atoms with E-state index in [4.69, 9.17) is 4.74 Å². The zero-order valence-electron chi connectivity index (χ0n) is 11.6. The molecule has 0 atom stereocenters. The number of aromatic nitrogens is 2.